The van der Waals surface area contributed by atoms with Crippen LogP contribution in [0.2, 0.25) is 5.02 Å². The van der Waals surface area contributed by atoms with Gasteiger partial charge in [0.15, 0.2) is 0 Å². The Morgan fingerprint density at radius 3 is 2.71 bits per heavy atom. The van der Waals surface area contributed by atoms with E-state index in [1.807, 2.05) is 0 Å². The van der Waals surface area contributed by atoms with E-state index < -0.39 is 6.10 Å². The molecule has 1 heterocycles. The van der Waals surface area contributed by atoms with Gasteiger partial charge in [-0.15, -0.1) is 0 Å². The van der Waals surface area contributed by atoms with Crippen LogP contribution in [0.3, 0.4) is 0 Å². The quantitative estimate of drug-likeness (QED) is 0.775. The lowest BCUT2D eigenvalue weighted by Gasteiger charge is -2.22. The van der Waals surface area contributed by atoms with Crippen molar-refractivity contribution in [3.8, 4) is 0 Å². The van der Waals surface area contributed by atoms with Crippen molar-refractivity contribution in [3.63, 3.8) is 0 Å². The minimum atomic E-state index is -0.426. The molecule has 5 heteroatoms. The van der Waals surface area contributed by atoms with Gasteiger partial charge < -0.3 is 16.2 Å². The first-order chi connectivity index (χ1) is 7.78. The molecule has 0 aliphatic rings. The highest BCUT2D eigenvalue weighted by molar-refractivity contribution is 6.33. The van der Waals surface area contributed by atoms with E-state index in [0.29, 0.717) is 29.5 Å². The van der Waals surface area contributed by atoms with Crippen LogP contribution in [0.1, 0.15) is 27.2 Å². The van der Waals surface area contributed by atoms with Gasteiger partial charge in [-0.1, -0.05) is 32.4 Å². The fourth-order valence-corrected chi connectivity index (χ4v) is 1.82. The molecule has 96 valence electrons. The molecular weight excluding hydrogens is 238 g/mol. The van der Waals surface area contributed by atoms with Crippen molar-refractivity contribution in [1.29, 1.82) is 0 Å². The Bertz CT molecular complexity index is 377. The summed E-state index contributed by atoms with van der Waals surface area (Å²) in [7, 11) is 0. The van der Waals surface area contributed by atoms with E-state index in [0.717, 1.165) is 0 Å². The molecule has 0 spiro atoms. The lowest BCUT2D eigenvalue weighted by molar-refractivity contribution is 0.132. The molecule has 17 heavy (non-hydrogen) atoms. The van der Waals surface area contributed by atoms with Gasteiger partial charge >= 0.3 is 0 Å². The molecular formula is C12H20ClN3O. The Balaban J connectivity index is 2.50. The van der Waals surface area contributed by atoms with E-state index >= 15 is 0 Å². The first kappa shape index (κ1) is 14.1. The van der Waals surface area contributed by atoms with Crippen molar-refractivity contribution in [2.75, 3.05) is 17.6 Å². The van der Waals surface area contributed by atoms with E-state index in [-0.39, 0.29) is 5.41 Å². The number of rotatable bonds is 4. The second-order valence-electron chi connectivity index (χ2n) is 5.40. The highest BCUT2D eigenvalue weighted by Crippen LogP contribution is 2.23. The van der Waals surface area contributed by atoms with Gasteiger partial charge in [-0.25, -0.2) is 4.98 Å². The van der Waals surface area contributed by atoms with Crippen LogP contribution in [0, 0.1) is 5.41 Å². The molecule has 1 aromatic rings. The molecule has 1 rings (SSSR count). The lowest BCUT2D eigenvalue weighted by atomic mass is 9.89. The molecule has 0 bridgehead atoms. The number of hydrogen-bond acceptors (Lipinski definition) is 4. The van der Waals surface area contributed by atoms with Crippen LogP contribution in [-0.4, -0.2) is 22.7 Å². The minimum Gasteiger partial charge on any atom is -0.397 e. The third-order valence-corrected chi connectivity index (χ3v) is 2.50. The van der Waals surface area contributed by atoms with Gasteiger partial charge in [0, 0.05) is 6.54 Å². The maximum Gasteiger partial charge on any atom is 0.145 e. The zero-order valence-corrected chi connectivity index (χ0v) is 11.3. The largest absolute Gasteiger partial charge is 0.397 e. The number of aliphatic hydroxyl groups is 1. The number of pyridine rings is 1. The van der Waals surface area contributed by atoms with Crippen LogP contribution in [-0.2, 0) is 0 Å². The van der Waals surface area contributed by atoms with Gasteiger partial charge in [0.25, 0.3) is 0 Å². The second kappa shape index (κ2) is 5.56. The number of nitrogens with zero attached hydrogens (tertiary/aromatic N) is 1. The fourth-order valence-electron chi connectivity index (χ4n) is 1.58. The fraction of sp³-hybridized carbons (Fsp3) is 0.583. The number of aliphatic hydroxyl groups excluding tert-OH is 1. The number of halogens is 1. The Morgan fingerprint density at radius 1 is 1.53 bits per heavy atom. The van der Waals surface area contributed by atoms with E-state index in [2.05, 4.69) is 31.1 Å². The molecule has 0 saturated carbocycles. The Kier molecular flexibility index (Phi) is 4.60. The zero-order chi connectivity index (χ0) is 13.1. The van der Waals surface area contributed by atoms with Crippen molar-refractivity contribution in [3.05, 3.63) is 17.3 Å². The summed E-state index contributed by atoms with van der Waals surface area (Å²) in [5.41, 5.74) is 6.16. The summed E-state index contributed by atoms with van der Waals surface area (Å²) in [5.74, 6) is 0.550. The summed E-state index contributed by atoms with van der Waals surface area (Å²) in [6.07, 6.45) is 1.82. The van der Waals surface area contributed by atoms with Crippen molar-refractivity contribution in [2.24, 2.45) is 5.41 Å². The summed E-state index contributed by atoms with van der Waals surface area (Å²) in [6.45, 7) is 6.69. The molecule has 1 unspecified atom stereocenters. The molecule has 4 nitrogen and oxygen atoms in total. The summed E-state index contributed by atoms with van der Waals surface area (Å²) in [5, 5.41) is 13.3. The van der Waals surface area contributed by atoms with Gasteiger partial charge in [0.1, 0.15) is 5.82 Å². The molecule has 0 radical (unpaired) electrons. The van der Waals surface area contributed by atoms with Crippen LogP contribution in [0.4, 0.5) is 11.5 Å². The summed E-state index contributed by atoms with van der Waals surface area (Å²) >= 11 is 5.96. The average molecular weight is 258 g/mol. The summed E-state index contributed by atoms with van der Waals surface area (Å²) in [6, 6.07) is 1.63. The van der Waals surface area contributed by atoms with E-state index in [9.17, 15) is 5.11 Å². The molecule has 0 amide bonds. The van der Waals surface area contributed by atoms with Gasteiger partial charge in [-0.2, -0.15) is 0 Å². The summed E-state index contributed by atoms with van der Waals surface area (Å²) in [4.78, 5) is 4.07. The Morgan fingerprint density at radius 2 is 2.18 bits per heavy atom. The first-order valence-electron chi connectivity index (χ1n) is 5.61. The maximum absolute atomic E-state index is 9.83. The SMILES string of the molecule is CC(C)(C)CC(O)CNc1ncc(N)cc1Cl. The monoisotopic (exact) mass is 257 g/mol. The van der Waals surface area contributed by atoms with Crippen molar-refractivity contribution in [2.45, 2.75) is 33.3 Å². The van der Waals surface area contributed by atoms with Gasteiger partial charge in [-0.05, 0) is 17.9 Å². The highest BCUT2D eigenvalue weighted by atomic mass is 35.5. The topological polar surface area (TPSA) is 71.2 Å². The summed E-state index contributed by atoms with van der Waals surface area (Å²) < 4.78 is 0. The third-order valence-electron chi connectivity index (χ3n) is 2.22. The van der Waals surface area contributed by atoms with Gasteiger partial charge in [0.05, 0.1) is 23.0 Å². The smallest absolute Gasteiger partial charge is 0.145 e. The molecule has 4 N–H and O–H groups in total. The van der Waals surface area contributed by atoms with Crippen molar-refractivity contribution >= 4 is 23.1 Å². The molecule has 0 saturated heterocycles. The van der Waals surface area contributed by atoms with E-state index in [1.54, 1.807) is 6.07 Å². The van der Waals surface area contributed by atoms with E-state index in [4.69, 9.17) is 17.3 Å². The molecule has 1 aromatic heterocycles. The van der Waals surface area contributed by atoms with Crippen LogP contribution >= 0.6 is 11.6 Å². The molecule has 1 atom stereocenters. The molecule has 0 aliphatic carbocycles. The third kappa shape index (κ3) is 5.24. The lowest BCUT2D eigenvalue weighted by Crippen LogP contribution is -2.25. The Hall–Kier alpha value is -1.00. The van der Waals surface area contributed by atoms with Crippen molar-refractivity contribution < 1.29 is 5.11 Å². The first-order valence-corrected chi connectivity index (χ1v) is 5.99. The van der Waals surface area contributed by atoms with Gasteiger partial charge in [0.2, 0.25) is 0 Å². The molecule has 0 aromatic carbocycles. The Labute approximate surface area is 107 Å². The van der Waals surface area contributed by atoms with Gasteiger partial charge in [-0.3, -0.25) is 0 Å². The minimum absolute atomic E-state index is 0.0967. The van der Waals surface area contributed by atoms with E-state index in [1.165, 1.54) is 6.20 Å². The molecule has 0 aliphatic heterocycles. The average Bonchev–Trinajstić information content (AvgIpc) is 2.13. The number of nitrogen functional groups attached to an aromatic ring is 1. The zero-order valence-electron chi connectivity index (χ0n) is 10.5. The van der Waals surface area contributed by atoms with Crippen molar-refractivity contribution in [1.82, 2.24) is 4.98 Å². The number of nitrogens with one attached hydrogen (secondary N) is 1. The van der Waals surface area contributed by atoms with Crippen LogP contribution in [0.15, 0.2) is 12.3 Å². The number of anilines is 2. The molecule has 0 fully saturated rings. The van der Waals surface area contributed by atoms with Crippen LogP contribution in [0.25, 0.3) is 0 Å². The standard InChI is InChI=1S/C12H20ClN3O/c1-12(2,3)5-9(17)7-16-11-10(13)4-8(14)6-15-11/h4,6,9,17H,5,7,14H2,1-3H3,(H,15,16). The second-order valence-corrected chi connectivity index (χ2v) is 5.81. The number of nitrogens with two attached hydrogens (primary N) is 1. The number of aromatic nitrogens is 1. The predicted octanol–water partition coefficient (Wildman–Crippen LogP) is 2.53. The number of hydrogen-bond donors (Lipinski definition) is 3. The van der Waals surface area contributed by atoms with Crippen LogP contribution < -0.4 is 11.1 Å². The predicted molar refractivity (Wildman–Crippen MR) is 72.2 cm³/mol. The normalized spacial score (nSPS) is 13.5. The maximum atomic E-state index is 9.83. The van der Waals surface area contributed by atoms with Crippen LogP contribution in [0.5, 0.6) is 0 Å². The highest BCUT2D eigenvalue weighted by Gasteiger charge is 2.16.